The monoisotopic (exact) mass is 394 g/mol. The van der Waals surface area contributed by atoms with Gasteiger partial charge in [0.15, 0.2) is 10.9 Å². The number of anilines is 1. The Morgan fingerprint density at radius 3 is 2.32 bits per heavy atom. The molecular weight excluding hydrogens is 381 g/mol. The highest BCUT2D eigenvalue weighted by molar-refractivity contribution is 7.99. The zero-order chi connectivity index (χ0) is 18.8. The SMILES string of the molecule is Cn1c(SCC(=O)c2ccc(NS(C)(=O)=O)cc2)nnc1C(F)(F)F. The zero-order valence-corrected chi connectivity index (χ0v) is 14.7. The van der Waals surface area contributed by atoms with Crippen LogP contribution in [0.4, 0.5) is 18.9 Å². The Morgan fingerprint density at radius 2 is 1.84 bits per heavy atom. The molecule has 1 N–H and O–H groups in total. The van der Waals surface area contributed by atoms with Gasteiger partial charge in [-0.25, -0.2) is 8.42 Å². The number of carbonyl (C=O) groups is 1. The molecule has 2 aromatic rings. The van der Waals surface area contributed by atoms with E-state index in [4.69, 9.17) is 0 Å². The predicted octanol–water partition coefficient (Wildman–Crippen LogP) is 2.18. The molecule has 0 saturated heterocycles. The van der Waals surface area contributed by atoms with E-state index in [0.29, 0.717) is 11.3 Å². The Balaban J connectivity index is 2.02. The van der Waals surface area contributed by atoms with Gasteiger partial charge >= 0.3 is 6.18 Å². The first-order valence-electron chi connectivity index (χ1n) is 6.68. The van der Waals surface area contributed by atoms with Crippen molar-refractivity contribution in [2.24, 2.45) is 7.05 Å². The van der Waals surface area contributed by atoms with E-state index in [1.54, 1.807) is 0 Å². The van der Waals surface area contributed by atoms with Gasteiger partial charge in [-0.3, -0.25) is 9.52 Å². The van der Waals surface area contributed by atoms with Crippen LogP contribution in [0, 0.1) is 0 Å². The molecule has 12 heteroatoms. The molecule has 25 heavy (non-hydrogen) atoms. The summed E-state index contributed by atoms with van der Waals surface area (Å²) in [5, 5.41) is 6.47. The van der Waals surface area contributed by atoms with Crippen LogP contribution in [-0.2, 0) is 23.2 Å². The Bertz CT molecular complexity index is 877. The molecule has 2 rings (SSSR count). The van der Waals surface area contributed by atoms with Crippen molar-refractivity contribution < 1.29 is 26.4 Å². The van der Waals surface area contributed by atoms with Crippen molar-refractivity contribution in [3.05, 3.63) is 35.7 Å². The van der Waals surface area contributed by atoms with Gasteiger partial charge in [0.2, 0.25) is 15.8 Å². The lowest BCUT2D eigenvalue weighted by Gasteiger charge is -2.07. The number of alkyl halides is 3. The number of halogens is 3. The minimum absolute atomic E-state index is 0.0314. The van der Waals surface area contributed by atoms with Crippen LogP contribution in [0.15, 0.2) is 29.4 Å². The highest BCUT2D eigenvalue weighted by Gasteiger charge is 2.37. The second kappa shape index (κ2) is 7.04. The summed E-state index contributed by atoms with van der Waals surface area (Å²) in [5.41, 5.74) is 0.597. The maximum absolute atomic E-state index is 12.6. The number of sulfonamides is 1. The molecule has 136 valence electrons. The molecule has 0 aliphatic heterocycles. The lowest BCUT2D eigenvalue weighted by Crippen LogP contribution is -2.13. The van der Waals surface area contributed by atoms with E-state index in [1.165, 1.54) is 31.3 Å². The molecule has 0 radical (unpaired) electrons. The van der Waals surface area contributed by atoms with E-state index in [2.05, 4.69) is 14.9 Å². The molecule has 0 unspecified atom stereocenters. The maximum Gasteiger partial charge on any atom is 0.451 e. The third-order valence-electron chi connectivity index (χ3n) is 2.93. The van der Waals surface area contributed by atoms with Crippen molar-refractivity contribution in [1.29, 1.82) is 0 Å². The number of hydrogen-bond donors (Lipinski definition) is 1. The molecule has 1 aromatic carbocycles. The number of aromatic nitrogens is 3. The lowest BCUT2D eigenvalue weighted by molar-refractivity contribution is -0.147. The van der Waals surface area contributed by atoms with Crippen molar-refractivity contribution in [1.82, 2.24) is 14.8 Å². The average Bonchev–Trinajstić information content (AvgIpc) is 2.85. The number of thioether (sulfide) groups is 1. The molecule has 0 aliphatic carbocycles. The van der Waals surface area contributed by atoms with Gasteiger partial charge in [-0.15, -0.1) is 10.2 Å². The Labute approximate surface area is 145 Å². The fraction of sp³-hybridized carbons (Fsp3) is 0.308. The molecule has 0 saturated carbocycles. The molecule has 1 heterocycles. The van der Waals surface area contributed by atoms with Gasteiger partial charge in [0, 0.05) is 18.3 Å². The topological polar surface area (TPSA) is 94.0 Å². The van der Waals surface area contributed by atoms with Gasteiger partial charge in [-0.05, 0) is 24.3 Å². The van der Waals surface area contributed by atoms with Crippen LogP contribution in [0.3, 0.4) is 0 Å². The van der Waals surface area contributed by atoms with Gasteiger partial charge in [0.25, 0.3) is 0 Å². The first kappa shape index (κ1) is 19.2. The van der Waals surface area contributed by atoms with Crippen molar-refractivity contribution in [2.75, 3.05) is 16.7 Å². The van der Waals surface area contributed by atoms with Gasteiger partial charge < -0.3 is 4.57 Å². The van der Waals surface area contributed by atoms with E-state index in [9.17, 15) is 26.4 Å². The van der Waals surface area contributed by atoms with Crippen LogP contribution in [0.5, 0.6) is 0 Å². The van der Waals surface area contributed by atoms with Crippen molar-refractivity contribution >= 4 is 33.3 Å². The fourth-order valence-corrected chi connectivity index (χ4v) is 3.21. The largest absolute Gasteiger partial charge is 0.451 e. The van der Waals surface area contributed by atoms with Gasteiger partial charge in [-0.1, -0.05) is 11.8 Å². The van der Waals surface area contributed by atoms with Crippen molar-refractivity contribution in [3.8, 4) is 0 Å². The van der Waals surface area contributed by atoms with E-state index in [-0.39, 0.29) is 16.7 Å². The Hall–Kier alpha value is -2.08. The molecule has 0 amide bonds. The number of benzene rings is 1. The van der Waals surface area contributed by atoms with Crippen LogP contribution in [-0.4, -0.2) is 41.0 Å². The number of hydrogen-bond acceptors (Lipinski definition) is 6. The third-order valence-corrected chi connectivity index (χ3v) is 4.56. The van der Waals surface area contributed by atoms with E-state index < -0.39 is 22.0 Å². The summed E-state index contributed by atoms with van der Waals surface area (Å²) in [4.78, 5) is 12.1. The number of Topliss-reactive ketones (excluding diaryl/α,β-unsaturated/α-hetero) is 1. The third kappa shape index (κ3) is 5.19. The summed E-state index contributed by atoms with van der Waals surface area (Å²) in [6, 6.07) is 5.69. The Kier molecular flexibility index (Phi) is 5.42. The highest BCUT2D eigenvalue weighted by atomic mass is 32.2. The molecule has 0 atom stereocenters. The van der Waals surface area contributed by atoms with Crippen molar-refractivity contribution in [3.63, 3.8) is 0 Å². The van der Waals surface area contributed by atoms with Gasteiger partial charge in [0.1, 0.15) is 0 Å². The quantitative estimate of drug-likeness (QED) is 0.596. The smallest absolute Gasteiger partial charge is 0.302 e. The molecular formula is C13H13F3N4O3S2. The van der Waals surface area contributed by atoms with Crippen LogP contribution < -0.4 is 4.72 Å². The first-order valence-corrected chi connectivity index (χ1v) is 9.55. The van der Waals surface area contributed by atoms with E-state index in [1.807, 2.05) is 0 Å². The first-order chi connectivity index (χ1) is 11.5. The maximum atomic E-state index is 12.6. The minimum atomic E-state index is -4.62. The van der Waals surface area contributed by atoms with Crippen molar-refractivity contribution in [2.45, 2.75) is 11.3 Å². The number of nitrogens with one attached hydrogen (secondary N) is 1. The van der Waals surface area contributed by atoms with E-state index in [0.717, 1.165) is 22.6 Å². The summed E-state index contributed by atoms with van der Waals surface area (Å²) < 4.78 is 63.1. The molecule has 0 aliphatic rings. The number of carbonyl (C=O) groups excluding carboxylic acids is 1. The standard InChI is InChI=1S/C13H13F3N4O3S2/c1-20-11(13(14,15)16)17-18-12(20)24-7-10(21)8-3-5-9(6-4-8)19-25(2,22)23/h3-6,19H,7H2,1-2H3. The summed E-state index contributed by atoms with van der Waals surface area (Å²) in [7, 11) is -2.25. The summed E-state index contributed by atoms with van der Waals surface area (Å²) in [6.07, 6.45) is -3.62. The second-order valence-corrected chi connectivity index (χ2v) is 7.72. The van der Waals surface area contributed by atoms with Crippen LogP contribution >= 0.6 is 11.8 Å². The molecule has 0 fully saturated rings. The summed E-state index contributed by atoms with van der Waals surface area (Å²) in [5.74, 6) is -1.62. The number of nitrogens with zero attached hydrogens (tertiary/aromatic N) is 3. The minimum Gasteiger partial charge on any atom is -0.302 e. The summed E-state index contributed by atoms with van der Waals surface area (Å²) in [6.45, 7) is 0. The predicted molar refractivity (Wildman–Crippen MR) is 86.0 cm³/mol. The van der Waals surface area contributed by atoms with Crippen LogP contribution in [0.2, 0.25) is 0 Å². The average molecular weight is 394 g/mol. The van der Waals surface area contributed by atoms with Gasteiger partial charge in [0.05, 0.1) is 12.0 Å². The van der Waals surface area contributed by atoms with Crippen LogP contribution in [0.1, 0.15) is 16.2 Å². The molecule has 0 spiro atoms. The van der Waals surface area contributed by atoms with Crippen LogP contribution in [0.25, 0.3) is 0 Å². The zero-order valence-electron chi connectivity index (χ0n) is 13.0. The molecule has 0 bridgehead atoms. The fourth-order valence-electron chi connectivity index (χ4n) is 1.84. The molecule has 1 aromatic heterocycles. The number of ketones is 1. The highest BCUT2D eigenvalue weighted by Crippen LogP contribution is 2.29. The Morgan fingerprint density at radius 1 is 1.24 bits per heavy atom. The lowest BCUT2D eigenvalue weighted by atomic mass is 10.1. The normalized spacial score (nSPS) is 12.2. The number of rotatable bonds is 6. The molecule has 7 nitrogen and oxygen atoms in total. The summed E-state index contributed by atoms with van der Waals surface area (Å²) >= 11 is 0.829. The van der Waals surface area contributed by atoms with Gasteiger partial charge in [-0.2, -0.15) is 13.2 Å². The van der Waals surface area contributed by atoms with E-state index >= 15 is 0 Å². The second-order valence-electron chi connectivity index (χ2n) is 5.03.